The molecule has 33 heavy (non-hydrogen) atoms. The van der Waals surface area contributed by atoms with Crippen molar-refractivity contribution in [2.75, 3.05) is 25.1 Å². The van der Waals surface area contributed by atoms with E-state index < -0.39 is 5.82 Å². The smallest absolute Gasteiger partial charge is 0.318 e. The minimum atomic E-state index is -0.562. The van der Waals surface area contributed by atoms with Crippen molar-refractivity contribution in [2.45, 2.75) is 24.9 Å². The van der Waals surface area contributed by atoms with E-state index in [9.17, 15) is 5.11 Å². The zero-order valence-corrected chi connectivity index (χ0v) is 18.7. The SMILES string of the molecule is COc1nc(N2CC3CC[C@@H](C2)N3)c2cc(Cl)c(-c3cc(O)cc4ccccc34)c(F)c2n1. The Morgan fingerprint density at radius 1 is 1.09 bits per heavy atom. The van der Waals surface area contributed by atoms with Gasteiger partial charge in [-0.2, -0.15) is 9.97 Å². The molecule has 8 heteroatoms. The van der Waals surface area contributed by atoms with Gasteiger partial charge < -0.3 is 20.1 Å². The highest BCUT2D eigenvalue weighted by atomic mass is 35.5. The first kappa shape index (κ1) is 20.4. The maximum Gasteiger partial charge on any atom is 0.318 e. The highest BCUT2D eigenvalue weighted by Crippen LogP contribution is 2.42. The van der Waals surface area contributed by atoms with Crippen molar-refractivity contribution in [2.24, 2.45) is 0 Å². The molecule has 0 radical (unpaired) electrons. The fourth-order valence-corrected chi connectivity index (χ4v) is 5.50. The molecule has 6 nitrogen and oxygen atoms in total. The first-order valence-corrected chi connectivity index (χ1v) is 11.4. The number of anilines is 1. The predicted octanol–water partition coefficient (Wildman–Crippen LogP) is 4.90. The van der Waals surface area contributed by atoms with Crippen LogP contribution >= 0.6 is 11.6 Å². The Morgan fingerprint density at radius 2 is 1.85 bits per heavy atom. The number of phenols is 1. The number of hydrogen-bond acceptors (Lipinski definition) is 6. The van der Waals surface area contributed by atoms with Gasteiger partial charge in [-0.15, -0.1) is 0 Å². The molecule has 0 aliphatic carbocycles. The van der Waals surface area contributed by atoms with Gasteiger partial charge in [0.15, 0.2) is 5.82 Å². The summed E-state index contributed by atoms with van der Waals surface area (Å²) in [5.41, 5.74) is 0.854. The molecule has 6 rings (SSSR count). The fraction of sp³-hybridized carbons (Fsp3) is 0.280. The number of halogens is 2. The van der Waals surface area contributed by atoms with Crippen LogP contribution in [0.25, 0.3) is 32.8 Å². The third-order valence-electron chi connectivity index (χ3n) is 6.66. The molecule has 1 unspecified atom stereocenters. The Labute approximate surface area is 195 Å². The average Bonchev–Trinajstić information content (AvgIpc) is 3.15. The minimum absolute atomic E-state index is 0.0384. The number of ether oxygens (including phenoxy) is 1. The molecule has 2 bridgehead atoms. The number of piperazine rings is 1. The molecule has 0 saturated carbocycles. The summed E-state index contributed by atoms with van der Waals surface area (Å²) in [4.78, 5) is 11.1. The van der Waals surface area contributed by atoms with Crippen molar-refractivity contribution in [1.29, 1.82) is 0 Å². The van der Waals surface area contributed by atoms with Crippen LogP contribution in [-0.2, 0) is 0 Å². The monoisotopic (exact) mass is 464 g/mol. The summed E-state index contributed by atoms with van der Waals surface area (Å²) < 4.78 is 21.5. The van der Waals surface area contributed by atoms with E-state index in [1.54, 1.807) is 12.1 Å². The highest BCUT2D eigenvalue weighted by Gasteiger charge is 2.34. The van der Waals surface area contributed by atoms with Gasteiger partial charge in [0.2, 0.25) is 0 Å². The van der Waals surface area contributed by atoms with E-state index in [4.69, 9.17) is 16.3 Å². The number of fused-ring (bicyclic) bond motifs is 4. The third kappa shape index (κ3) is 3.34. The molecule has 2 aliphatic rings. The molecule has 0 spiro atoms. The molecule has 3 heterocycles. The normalized spacial score (nSPS) is 20.0. The van der Waals surface area contributed by atoms with Crippen molar-refractivity contribution in [3.05, 3.63) is 53.3 Å². The quantitative estimate of drug-likeness (QED) is 0.449. The molecule has 4 aromatic rings. The Morgan fingerprint density at radius 3 is 2.61 bits per heavy atom. The largest absolute Gasteiger partial charge is 0.508 e. The van der Waals surface area contributed by atoms with Crippen molar-refractivity contribution in [3.63, 3.8) is 0 Å². The second-order valence-corrected chi connectivity index (χ2v) is 9.14. The maximum atomic E-state index is 16.2. The summed E-state index contributed by atoms with van der Waals surface area (Å²) in [6, 6.07) is 13.3. The lowest BCUT2D eigenvalue weighted by molar-refractivity contribution is 0.380. The first-order chi connectivity index (χ1) is 16.0. The van der Waals surface area contributed by atoms with E-state index in [0.29, 0.717) is 28.9 Å². The second-order valence-electron chi connectivity index (χ2n) is 8.73. The van der Waals surface area contributed by atoms with Crippen LogP contribution in [-0.4, -0.2) is 47.4 Å². The topological polar surface area (TPSA) is 70.5 Å². The van der Waals surface area contributed by atoms with Crippen LogP contribution < -0.4 is 15.0 Å². The van der Waals surface area contributed by atoms with Gasteiger partial charge in [-0.1, -0.05) is 35.9 Å². The van der Waals surface area contributed by atoms with Gasteiger partial charge in [-0.3, -0.25) is 0 Å². The van der Waals surface area contributed by atoms with Gasteiger partial charge in [0.1, 0.15) is 17.1 Å². The highest BCUT2D eigenvalue weighted by molar-refractivity contribution is 6.35. The number of aromatic hydroxyl groups is 1. The number of methoxy groups -OCH3 is 1. The molecule has 2 atom stereocenters. The van der Waals surface area contributed by atoms with E-state index in [-0.39, 0.29) is 27.9 Å². The molecule has 2 N–H and O–H groups in total. The molecule has 0 amide bonds. The van der Waals surface area contributed by atoms with Crippen molar-refractivity contribution < 1.29 is 14.2 Å². The number of nitrogens with zero attached hydrogens (tertiary/aromatic N) is 3. The van der Waals surface area contributed by atoms with Crippen molar-refractivity contribution in [3.8, 4) is 22.9 Å². The van der Waals surface area contributed by atoms with Gasteiger partial charge in [-0.05, 0) is 47.4 Å². The van der Waals surface area contributed by atoms with E-state index in [0.717, 1.165) is 36.7 Å². The third-order valence-corrected chi connectivity index (χ3v) is 6.95. The molecule has 168 valence electrons. The van der Waals surface area contributed by atoms with E-state index in [1.165, 1.54) is 13.2 Å². The van der Waals surface area contributed by atoms with Crippen LogP contribution in [0.4, 0.5) is 10.2 Å². The lowest BCUT2D eigenvalue weighted by atomic mass is 9.96. The second kappa shape index (κ2) is 7.71. The number of rotatable bonds is 3. The average molecular weight is 465 g/mol. The Kier molecular flexibility index (Phi) is 4.78. The Bertz CT molecular complexity index is 1400. The zero-order valence-electron chi connectivity index (χ0n) is 18.0. The Balaban J connectivity index is 1.60. The maximum absolute atomic E-state index is 16.2. The van der Waals surface area contributed by atoms with Gasteiger partial charge in [0, 0.05) is 36.1 Å². The molecule has 2 aliphatic heterocycles. The van der Waals surface area contributed by atoms with Crippen molar-refractivity contribution in [1.82, 2.24) is 15.3 Å². The van der Waals surface area contributed by atoms with Crippen molar-refractivity contribution >= 4 is 39.1 Å². The van der Waals surface area contributed by atoms with Gasteiger partial charge in [0.25, 0.3) is 0 Å². The summed E-state index contributed by atoms with van der Waals surface area (Å²) in [5.74, 6) is 0.105. The van der Waals surface area contributed by atoms with Crippen LogP contribution in [0.5, 0.6) is 11.8 Å². The summed E-state index contributed by atoms with van der Waals surface area (Å²) in [6.07, 6.45) is 2.23. The lowest BCUT2D eigenvalue weighted by Gasteiger charge is -2.34. The molecular formula is C25H22ClFN4O2. The van der Waals surface area contributed by atoms with Gasteiger partial charge in [-0.25, -0.2) is 4.39 Å². The molecule has 2 saturated heterocycles. The van der Waals surface area contributed by atoms with Crippen LogP contribution in [0.15, 0.2) is 42.5 Å². The molecule has 2 fully saturated rings. The van der Waals surface area contributed by atoms with Crippen LogP contribution in [0.3, 0.4) is 0 Å². The van der Waals surface area contributed by atoms with Crippen LogP contribution in [0.2, 0.25) is 5.02 Å². The molecule has 1 aromatic heterocycles. The first-order valence-electron chi connectivity index (χ1n) is 11.0. The minimum Gasteiger partial charge on any atom is -0.508 e. The van der Waals surface area contributed by atoms with E-state index in [2.05, 4.69) is 20.2 Å². The number of benzene rings is 3. The summed E-state index contributed by atoms with van der Waals surface area (Å²) in [5, 5.41) is 16.3. The standard InChI is InChI=1S/C25H22ClFN4O2/c1-33-25-29-23-19(24(30-25)31-11-14-6-7-15(12-31)28-14)10-20(26)21(22(23)27)18-9-16(32)8-13-4-2-3-5-17(13)18/h2-5,8-10,14-15,28,32H,6-7,11-12H2,1H3/t14-,15?/m0/s1. The number of nitrogens with one attached hydrogen (secondary N) is 1. The van der Waals surface area contributed by atoms with Gasteiger partial charge >= 0.3 is 6.01 Å². The fourth-order valence-electron chi connectivity index (χ4n) is 5.21. The molecular weight excluding hydrogens is 443 g/mol. The Hall–Kier alpha value is -3.16. The summed E-state index contributed by atoms with van der Waals surface area (Å²) in [7, 11) is 1.48. The summed E-state index contributed by atoms with van der Waals surface area (Å²) >= 11 is 6.71. The summed E-state index contributed by atoms with van der Waals surface area (Å²) in [6.45, 7) is 1.56. The van der Waals surface area contributed by atoms with Crippen LogP contribution in [0.1, 0.15) is 12.8 Å². The molecule has 3 aromatic carbocycles. The number of phenolic OH excluding ortho intramolecular Hbond substituents is 1. The van der Waals surface area contributed by atoms with E-state index in [1.807, 2.05) is 24.3 Å². The number of hydrogen-bond donors (Lipinski definition) is 2. The van der Waals surface area contributed by atoms with E-state index >= 15 is 4.39 Å². The predicted molar refractivity (Wildman–Crippen MR) is 128 cm³/mol. The number of aromatic nitrogens is 2. The lowest BCUT2D eigenvalue weighted by Crippen LogP contribution is -2.51. The van der Waals surface area contributed by atoms with Gasteiger partial charge in [0.05, 0.1) is 12.1 Å². The zero-order chi connectivity index (χ0) is 22.7. The van der Waals surface area contributed by atoms with Crippen LogP contribution in [0, 0.1) is 5.82 Å².